The molecular formula is C14H14NO5-. The highest BCUT2D eigenvalue weighted by atomic mass is 16.5. The van der Waals surface area contributed by atoms with Gasteiger partial charge in [0, 0.05) is 11.8 Å². The number of nitrogens with one attached hydrogen (secondary N) is 1. The highest BCUT2D eigenvalue weighted by Crippen LogP contribution is 2.12. The lowest BCUT2D eigenvalue weighted by Gasteiger charge is -2.06. The molecule has 1 aromatic carbocycles. The van der Waals surface area contributed by atoms with Crippen LogP contribution in [0.15, 0.2) is 36.4 Å². The van der Waals surface area contributed by atoms with Gasteiger partial charge in [-0.15, -0.1) is 0 Å². The predicted molar refractivity (Wildman–Crippen MR) is 69.8 cm³/mol. The Balaban J connectivity index is 2.70. The summed E-state index contributed by atoms with van der Waals surface area (Å²) in [6, 6.07) is 6.16. The number of carboxylic acids is 1. The molecule has 0 aliphatic heterocycles. The van der Waals surface area contributed by atoms with Gasteiger partial charge in [0.05, 0.1) is 18.1 Å². The molecule has 0 fully saturated rings. The van der Waals surface area contributed by atoms with Crippen molar-refractivity contribution < 1.29 is 24.2 Å². The molecule has 0 aliphatic carbocycles. The second-order valence-electron chi connectivity index (χ2n) is 3.86. The third-order valence-electron chi connectivity index (χ3n) is 2.17. The zero-order chi connectivity index (χ0) is 15.0. The zero-order valence-electron chi connectivity index (χ0n) is 10.9. The van der Waals surface area contributed by atoms with Crippen molar-refractivity contribution in [1.29, 1.82) is 0 Å². The first kappa shape index (κ1) is 15.4. The SMILES string of the molecule is CCCOC(=O)c1cccc(NC(=O)/C=C\C(=O)[O-])c1. The van der Waals surface area contributed by atoms with Gasteiger partial charge in [0.15, 0.2) is 0 Å². The number of ether oxygens (including phenoxy) is 1. The Hall–Kier alpha value is -2.63. The van der Waals surface area contributed by atoms with E-state index in [4.69, 9.17) is 4.74 Å². The van der Waals surface area contributed by atoms with Crippen LogP contribution in [0.3, 0.4) is 0 Å². The lowest BCUT2D eigenvalue weighted by Crippen LogP contribution is -2.20. The molecule has 6 nitrogen and oxygen atoms in total. The van der Waals surface area contributed by atoms with Gasteiger partial charge in [0.25, 0.3) is 0 Å². The lowest BCUT2D eigenvalue weighted by atomic mass is 10.2. The van der Waals surface area contributed by atoms with Gasteiger partial charge in [-0.1, -0.05) is 13.0 Å². The fourth-order valence-corrected chi connectivity index (χ4v) is 1.33. The second-order valence-corrected chi connectivity index (χ2v) is 3.86. The molecule has 0 spiro atoms. The van der Waals surface area contributed by atoms with Crippen LogP contribution in [-0.4, -0.2) is 24.5 Å². The Bertz CT molecular complexity index is 536. The molecule has 0 aliphatic rings. The molecule has 1 aromatic rings. The maximum atomic E-state index is 11.6. The van der Waals surface area contributed by atoms with Crippen molar-refractivity contribution >= 4 is 23.5 Å². The highest BCUT2D eigenvalue weighted by molar-refractivity contribution is 6.02. The molecule has 1 N–H and O–H groups in total. The molecule has 1 rings (SSSR count). The molecule has 0 heterocycles. The summed E-state index contributed by atoms with van der Waals surface area (Å²) in [6.07, 6.45) is 2.17. The van der Waals surface area contributed by atoms with Crippen molar-refractivity contribution in [2.24, 2.45) is 0 Å². The molecule has 0 unspecified atom stereocenters. The maximum Gasteiger partial charge on any atom is 0.338 e. The van der Waals surface area contributed by atoms with Gasteiger partial charge in [-0.3, -0.25) is 4.79 Å². The van der Waals surface area contributed by atoms with Crippen LogP contribution in [0.2, 0.25) is 0 Å². The number of carboxylic acid groups (broad SMARTS) is 1. The van der Waals surface area contributed by atoms with Crippen LogP contribution in [0.4, 0.5) is 5.69 Å². The fourth-order valence-electron chi connectivity index (χ4n) is 1.33. The summed E-state index contributed by atoms with van der Waals surface area (Å²) in [4.78, 5) is 33.1. The minimum absolute atomic E-state index is 0.306. The topological polar surface area (TPSA) is 95.5 Å². The Morgan fingerprint density at radius 3 is 2.70 bits per heavy atom. The number of anilines is 1. The lowest BCUT2D eigenvalue weighted by molar-refractivity contribution is -0.297. The first-order chi connectivity index (χ1) is 9.52. The van der Waals surface area contributed by atoms with Crippen molar-refractivity contribution in [1.82, 2.24) is 0 Å². The number of esters is 1. The summed E-state index contributed by atoms with van der Waals surface area (Å²) in [5.74, 6) is -2.57. The van der Waals surface area contributed by atoms with E-state index in [-0.39, 0.29) is 0 Å². The van der Waals surface area contributed by atoms with Crippen LogP contribution in [-0.2, 0) is 14.3 Å². The molecule has 0 radical (unpaired) electrons. The van der Waals surface area contributed by atoms with Crippen molar-refractivity contribution in [3.05, 3.63) is 42.0 Å². The number of aliphatic carboxylic acids is 1. The fraction of sp³-hybridized carbons (Fsp3) is 0.214. The summed E-state index contributed by atoms with van der Waals surface area (Å²) in [5, 5.41) is 12.6. The number of hydrogen-bond donors (Lipinski definition) is 1. The minimum atomic E-state index is -1.46. The van der Waals surface area contributed by atoms with E-state index in [2.05, 4.69) is 5.32 Å². The molecule has 0 saturated carbocycles. The molecule has 0 atom stereocenters. The standard InChI is InChI=1S/C14H15NO5/c1-2-8-20-14(19)10-4-3-5-11(9-10)15-12(16)6-7-13(17)18/h3-7,9H,2,8H2,1H3,(H,15,16)(H,17,18)/p-1/b7-6-. The van der Waals surface area contributed by atoms with Crippen molar-refractivity contribution in [2.45, 2.75) is 13.3 Å². The molecule has 0 saturated heterocycles. The van der Waals surface area contributed by atoms with E-state index >= 15 is 0 Å². The monoisotopic (exact) mass is 276 g/mol. The molecule has 0 aromatic heterocycles. The summed E-state index contributed by atoms with van der Waals surface area (Å²) >= 11 is 0. The number of amides is 1. The van der Waals surface area contributed by atoms with Gasteiger partial charge in [-0.25, -0.2) is 4.79 Å². The first-order valence-electron chi connectivity index (χ1n) is 6.00. The normalized spacial score (nSPS) is 10.2. The van der Waals surface area contributed by atoms with E-state index in [0.717, 1.165) is 12.5 Å². The van der Waals surface area contributed by atoms with Gasteiger partial charge >= 0.3 is 5.97 Å². The van der Waals surface area contributed by atoms with Crippen molar-refractivity contribution in [2.75, 3.05) is 11.9 Å². The Morgan fingerprint density at radius 1 is 1.30 bits per heavy atom. The second kappa shape index (κ2) is 7.73. The van der Waals surface area contributed by atoms with E-state index in [9.17, 15) is 19.5 Å². The molecule has 1 amide bonds. The highest BCUT2D eigenvalue weighted by Gasteiger charge is 2.07. The third kappa shape index (κ3) is 5.34. The molecule has 20 heavy (non-hydrogen) atoms. The average molecular weight is 276 g/mol. The summed E-state index contributed by atoms with van der Waals surface area (Å²) in [7, 11) is 0. The minimum Gasteiger partial charge on any atom is -0.545 e. The van der Waals surface area contributed by atoms with Crippen LogP contribution in [0.25, 0.3) is 0 Å². The van der Waals surface area contributed by atoms with Gasteiger partial charge in [-0.05, 0) is 30.7 Å². The van der Waals surface area contributed by atoms with Crippen molar-refractivity contribution in [3.63, 3.8) is 0 Å². The number of carbonyl (C=O) groups excluding carboxylic acids is 3. The van der Waals surface area contributed by atoms with E-state index in [1.807, 2.05) is 6.92 Å². The smallest absolute Gasteiger partial charge is 0.338 e. The van der Waals surface area contributed by atoms with Crippen LogP contribution >= 0.6 is 0 Å². The Morgan fingerprint density at radius 2 is 2.05 bits per heavy atom. The number of benzene rings is 1. The van der Waals surface area contributed by atoms with Gasteiger partial charge in [-0.2, -0.15) is 0 Å². The molecule has 6 heteroatoms. The largest absolute Gasteiger partial charge is 0.545 e. The van der Waals surface area contributed by atoms with Crippen LogP contribution in [0, 0.1) is 0 Å². The van der Waals surface area contributed by atoms with E-state index in [1.165, 1.54) is 6.07 Å². The maximum absolute atomic E-state index is 11.6. The summed E-state index contributed by atoms with van der Waals surface area (Å²) in [6.45, 7) is 2.21. The summed E-state index contributed by atoms with van der Waals surface area (Å²) in [5.41, 5.74) is 0.670. The van der Waals surface area contributed by atoms with Crippen LogP contribution < -0.4 is 10.4 Å². The Labute approximate surface area is 116 Å². The average Bonchev–Trinajstić information content (AvgIpc) is 2.42. The van der Waals surface area contributed by atoms with E-state index in [1.54, 1.807) is 18.2 Å². The van der Waals surface area contributed by atoms with E-state index in [0.29, 0.717) is 23.9 Å². The number of carbonyl (C=O) groups is 3. The van der Waals surface area contributed by atoms with Crippen molar-refractivity contribution in [3.8, 4) is 0 Å². The van der Waals surface area contributed by atoms with Crippen LogP contribution in [0.1, 0.15) is 23.7 Å². The number of hydrogen-bond acceptors (Lipinski definition) is 5. The molecular weight excluding hydrogens is 262 g/mol. The van der Waals surface area contributed by atoms with Gasteiger partial charge < -0.3 is 20.0 Å². The summed E-state index contributed by atoms with van der Waals surface area (Å²) < 4.78 is 4.96. The quantitative estimate of drug-likeness (QED) is 0.603. The predicted octanol–water partition coefficient (Wildman–Crippen LogP) is 0.498. The number of rotatable bonds is 6. The Kier molecular flexibility index (Phi) is 5.96. The van der Waals surface area contributed by atoms with Gasteiger partial charge in [0.2, 0.25) is 5.91 Å². The van der Waals surface area contributed by atoms with E-state index < -0.39 is 17.8 Å². The molecule has 0 bridgehead atoms. The third-order valence-corrected chi connectivity index (χ3v) is 2.17. The zero-order valence-corrected chi connectivity index (χ0v) is 10.9. The van der Waals surface area contributed by atoms with Crippen LogP contribution in [0.5, 0.6) is 0 Å². The molecule has 106 valence electrons. The van der Waals surface area contributed by atoms with Gasteiger partial charge in [0.1, 0.15) is 0 Å². The first-order valence-corrected chi connectivity index (χ1v) is 6.00.